The van der Waals surface area contributed by atoms with Crippen molar-refractivity contribution >= 4 is 5.97 Å². The summed E-state index contributed by atoms with van der Waals surface area (Å²) in [6.45, 7) is 0. The number of carbonyl (C=O) groups is 1. The van der Waals surface area contributed by atoms with Crippen LogP contribution in [0.25, 0.3) is 11.3 Å². The first-order valence-electron chi connectivity index (χ1n) is 4.50. The number of hydrogen-bond acceptors (Lipinski definition) is 4. The lowest BCUT2D eigenvalue weighted by Crippen LogP contribution is -1.95. The molecule has 0 bridgehead atoms. The normalized spacial score (nSPS) is 10.1. The van der Waals surface area contributed by atoms with Crippen LogP contribution in [0.15, 0.2) is 24.4 Å². The zero-order valence-corrected chi connectivity index (χ0v) is 8.47. The fraction of sp³-hybridized carbons (Fsp3) is 0.100. The number of aromatic nitrogens is 3. The standard InChI is InChI=1S/C10H9N3O3/c1-16-9-6(3-2-4-11-9)7-5-8(10(14)15)13-12-7/h2-5H,1H3,(H,12,13)(H,14,15). The molecule has 82 valence electrons. The van der Waals surface area contributed by atoms with Crippen LogP contribution in [0.1, 0.15) is 10.5 Å². The Kier molecular flexibility index (Phi) is 2.55. The van der Waals surface area contributed by atoms with Gasteiger partial charge in [0.1, 0.15) is 5.69 Å². The lowest BCUT2D eigenvalue weighted by atomic mass is 10.2. The number of aromatic carboxylic acids is 1. The largest absolute Gasteiger partial charge is 0.481 e. The quantitative estimate of drug-likeness (QED) is 0.809. The first kappa shape index (κ1) is 10.2. The molecule has 6 heteroatoms. The molecule has 0 fully saturated rings. The van der Waals surface area contributed by atoms with Gasteiger partial charge in [-0.1, -0.05) is 0 Å². The van der Waals surface area contributed by atoms with Crippen LogP contribution >= 0.6 is 0 Å². The van der Waals surface area contributed by atoms with E-state index in [9.17, 15) is 4.79 Å². The fourth-order valence-corrected chi connectivity index (χ4v) is 1.32. The Hall–Kier alpha value is -2.37. The molecule has 2 N–H and O–H groups in total. The van der Waals surface area contributed by atoms with Crippen molar-refractivity contribution < 1.29 is 14.6 Å². The van der Waals surface area contributed by atoms with Crippen molar-refractivity contribution in [2.75, 3.05) is 7.11 Å². The second kappa shape index (κ2) is 4.01. The van der Waals surface area contributed by atoms with E-state index < -0.39 is 5.97 Å². The highest BCUT2D eigenvalue weighted by Gasteiger charge is 2.12. The maximum Gasteiger partial charge on any atom is 0.353 e. The predicted octanol–water partition coefficient (Wildman–Crippen LogP) is 1.18. The van der Waals surface area contributed by atoms with Gasteiger partial charge in [0.15, 0.2) is 0 Å². The molecule has 0 radical (unpaired) electrons. The third-order valence-electron chi connectivity index (χ3n) is 2.05. The van der Waals surface area contributed by atoms with Crippen molar-refractivity contribution in [3.63, 3.8) is 0 Å². The van der Waals surface area contributed by atoms with E-state index in [4.69, 9.17) is 9.84 Å². The molecule has 0 unspecified atom stereocenters. The van der Waals surface area contributed by atoms with Gasteiger partial charge in [-0.05, 0) is 18.2 Å². The second-order valence-electron chi connectivity index (χ2n) is 3.03. The highest BCUT2D eigenvalue weighted by molar-refractivity contribution is 5.87. The van der Waals surface area contributed by atoms with Gasteiger partial charge >= 0.3 is 5.97 Å². The van der Waals surface area contributed by atoms with Crippen molar-refractivity contribution in [1.29, 1.82) is 0 Å². The maximum atomic E-state index is 10.7. The Morgan fingerprint density at radius 1 is 1.56 bits per heavy atom. The number of nitrogens with one attached hydrogen (secondary N) is 1. The van der Waals surface area contributed by atoms with Gasteiger partial charge in [-0.25, -0.2) is 9.78 Å². The van der Waals surface area contributed by atoms with E-state index in [1.54, 1.807) is 18.3 Å². The summed E-state index contributed by atoms with van der Waals surface area (Å²) < 4.78 is 5.06. The van der Waals surface area contributed by atoms with Gasteiger partial charge in [0.2, 0.25) is 5.88 Å². The number of ether oxygens (including phenoxy) is 1. The fourth-order valence-electron chi connectivity index (χ4n) is 1.32. The highest BCUT2D eigenvalue weighted by atomic mass is 16.5. The molecule has 2 heterocycles. The SMILES string of the molecule is COc1ncccc1-c1cc(C(=O)O)[nH]n1. The van der Waals surface area contributed by atoms with E-state index in [-0.39, 0.29) is 5.69 Å². The van der Waals surface area contributed by atoms with Crippen molar-refractivity contribution in [3.05, 3.63) is 30.1 Å². The van der Waals surface area contributed by atoms with E-state index in [2.05, 4.69) is 15.2 Å². The third-order valence-corrected chi connectivity index (χ3v) is 2.05. The van der Waals surface area contributed by atoms with Crippen LogP contribution in [0, 0.1) is 0 Å². The smallest absolute Gasteiger partial charge is 0.353 e. The van der Waals surface area contributed by atoms with Gasteiger partial charge in [-0.3, -0.25) is 5.10 Å². The van der Waals surface area contributed by atoms with E-state index in [0.29, 0.717) is 17.1 Å². The third kappa shape index (κ3) is 1.72. The van der Waals surface area contributed by atoms with Gasteiger partial charge in [-0.15, -0.1) is 0 Å². The van der Waals surface area contributed by atoms with Gasteiger partial charge in [-0.2, -0.15) is 5.10 Å². The van der Waals surface area contributed by atoms with Gasteiger partial charge in [0, 0.05) is 6.20 Å². The van der Waals surface area contributed by atoms with Crippen molar-refractivity contribution in [2.45, 2.75) is 0 Å². The maximum absolute atomic E-state index is 10.7. The van der Waals surface area contributed by atoms with E-state index in [1.165, 1.54) is 13.2 Å². The number of pyridine rings is 1. The number of hydrogen-bond donors (Lipinski definition) is 2. The summed E-state index contributed by atoms with van der Waals surface area (Å²) in [5.74, 6) is -0.646. The monoisotopic (exact) mass is 219 g/mol. The molecule has 0 aliphatic rings. The summed E-state index contributed by atoms with van der Waals surface area (Å²) in [4.78, 5) is 14.7. The van der Waals surface area contributed by atoms with Crippen LogP contribution < -0.4 is 4.74 Å². The van der Waals surface area contributed by atoms with Crippen molar-refractivity contribution in [1.82, 2.24) is 15.2 Å². The number of nitrogens with zero attached hydrogens (tertiary/aromatic N) is 2. The molecule has 0 atom stereocenters. The minimum atomic E-state index is -1.05. The van der Waals surface area contributed by atoms with Crippen LogP contribution in [-0.4, -0.2) is 33.4 Å². The Morgan fingerprint density at radius 3 is 3.00 bits per heavy atom. The average Bonchev–Trinajstić information content (AvgIpc) is 2.78. The van der Waals surface area contributed by atoms with E-state index in [1.807, 2.05) is 0 Å². The molecule has 2 rings (SSSR count). The molecule has 0 saturated heterocycles. The number of rotatable bonds is 3. The first-order chi connectivity index (χ1) is 7.72. The Labute approximate surface area is 90.9 Å². The van der Waals surface area contributed by atoms with Crippen LogP contribution in [0.4, 0.5) is 0 Å². The van der Waals surface area contributed by atoms with Crippen molar-refractivity contribution in [2.24, 2.45) is 0 Å². The molecular formula is C10H9N3O3. The highest BCUT2D eigenvalue weighted by Crippen LogP contribution is 2.25. The molecule has 0 aromatic carbocycles. The van der Waals surface area contributed by atoms with Crippen molar-refractivity contribution in [3.8, 4) is 17.1 Å². The molecule has 0 spiro atoms. The van der Waals surface area contributed by atoms with Gasteiger partial charge in [0.25, 0.3) is 0 Å². The molecule has 0 aliphatic carbocycles. The second-order valence-corrected chi connectivity index (χ2v) is 3.03. The number of H-pyrrole nitrogens is 1. The number of carboxylic acids is 1. The molecule has 2 aromatic heterocycles. The zero-order chi connectivity index (χ0) is 11.5. The minimum Gasteiger partial charge on any atom is -0.481 e. The van der Waals surface area contributed by atoms with Crippen LogP contribution in [0.5, 0.6) is 5.88 Å². The Bertz CT molecular complexity index is 522. The molecular weight excluding hydrogens is 210 g/mol. The molecule has 16 heavy (non-hydrogen) atoms. The lowest BCUT2D eigenvalue weighted by molar-refractivity contribution is 0.0690. The number of aromatic amines is 1. The van der Waals surface area contributed by atoms with Crippen LogP contribution in [0.3, 0.4) is 0 Å². The lowest BCUT2D eigenvalue weighted by Gasteiger charge is -2.02. The summed E-state index contributed by atoms with van der Waals surface area (Å²) in [5.41, 5.74) is 1.16. The molecule has 2 aromatic rings. The predicted molar refractivity (Wildman–Crippen MR) is 55.3 cm³/mol. The minimum absolute atomic E-state index is 0.0286. The van der Waals surface area contributed by atoms with E-state index in [0.717, 1.165) is 0 Å². The molecule has 0 saturated carbocycles. The Morgan fingerprint density at radius 2 is 2.38 bits per heavy atom. The summed E-state index contributed by atoms with van der Waals surface area (Å²) >= 11 is 0. The van der Waals surface area contributed by atoms with Crippen LogP contribution in [-0.2, 0) is 0 Å². The van der Waals surface area contributed by atoms with E-state index >= 15 is 0 Å². The average molecular weight is 219 g/mol. The molecule has 0 amide bonds. The van der Waals surface area contributed by atoms with Gasteiger partial charge < -0.3 is 9.84 Å². The van der Waals surface area contributed by atoms with Gasteiger partial charge in [0.05, 0.1) is 18.4 Å². The topological polar surface area (TPSA) is 88.1 Å². The molecule has 6 nitrogen and oxygen atoms in total. The Balaban J connectivity index is 2.46. The zero-order valence-electron chi connectivity index (χ0n) is 8.47. The summed E-state index contributed by atoms with van der Waals surface area (Å²) in [6.07, 6.45) is 1.59. The summed E-state index contributed by atoms with van der Waals surface area (Å²) in [7, 11) is 1.50. The number of carboxylic acid groups (broad SMARTS) is 1. The first-order valence-corrected chi connectivity index (χ1v) is 4.50. The summed E-state index contributed by atoms with van der Waals surface area (Å²) in [5, 5.41) is 15.1. The molecule has 0 aliphatic heterocycles. The van der Waals surface area contributed by atoms with Crippen LogP contribution in [0.2, 0.25) is 0 Å². The summed E-state index contributed by atoms with van der Waals surface area (Å²) in [6, 6.07) is 4.92. The number of methoxy groups -OCH3 is 1.